The number of carbonyl (C=O) groups is 1. The topological polar surface area (TPSA) is 62.6 Å². The van der Waals surface area contributed by atoms with Crippen molar-refractivity contribution in [1.29, 1.82) is 0 Å². The zero-order valence-corrected chi connectivity index (χ0v) is 18.9. The van der Waals surface area contributed by atoms with E-state index in [0.717, 1.165) is 23.7 Å². The Morgan fingerprint density at radius 3 is 2.37 bits per heavy atom. The van der Waals surface area contributed by atoms with Crippen LogP contribution in [0.2, 0.25) is 0 Å². The van der Waals surface area contributed by atoms with Gasteiger partial charge in [0, 0.05) is 43.6 Å². The van der Waals surface area contributed by atoms with Crippen molar-refractivity contribution in [3.05, 3.63) is 36.0 Å². The average Bonchev–Trinajstić information content (AvgIpc) is 3.08. The lowest BCUT2D eigenvalue weighted by molar-refractivity contribution is 0.0661. The molecule has 2 aliphatic rings. The summed E-state index contributed by atoms with van der Waals surface area (Å²) in [5.41, 5.74) is 1.74. The van der Waals surface area contributed by atoms with Crippen molar-refractivity contribution in [2.75, 3.05) is 25.9 Å². The van der Waals surface area contributed by atoms with Crippen LogP contribution >= 0.6 is 0 Å². The SMILES string of the molecule is Cn1c(C(=O)N2CCC(N(CC3CCCCC3)S(C)(=O)=O)CC2)cc2ccccc21. The molecule has 0 spiro atoms. The Labute approximate surface area is 179 Å². The fourth-order valence-electron chi connectivity index (χ4n) is 5.19. The minimum Gasteiger partial charge on any atom is -0.340 e. The number of sulfonamides is 1. The molecule has 4 rings (SSSR count). The van der Waals surface area contributed by atoms with Gasteiger partial charge in [-0.05, 0) is 43.7 Å². The fraction of sp³-hybridized carbons (Fsp3) is 0.609. The van der Waals surface area contributed by atoms with E-state index in [-0.39, 0.29) is 11.9 Å². The molecule has 0 radical (unpaired) electrons. The number of carbonyl (C=O) groups excluding carboxylic acids is 1. The molecule has 1 saturated heterocycles. The Balaban J connectivity index is 1.43. The van der Waals surface area contributed by atoms with Crippen LogP contribution in [0, 0.1) is 5.92 Å². The lowest BCUT2D eigenvalue weighted by Gasteiger charge is -2.39. The first-order chi connectivity index (χ1) is 14.3. The second-order valence-electron chi connectivity index (χ2n) is 9.01. The van der Waals surface area contributed by atoms with Crippen LogP contribution < -0.4 is 0 Å². The van der Waals surface area contributed by atoms with Crippen LogP contribution in [0.3, 0.4) is 0 Å². The number of hydrogen-bond acceptors (Lipinski definition) is 3. The minimum atomic E-state index is -3.25. The molecule has 1 aromatic carbocycles. The van der Waals surface area contributed by atoms with E-state index in [9.17, 15) is 13.2 Å². The van der Waals surface area contributed by atoms with Crippen LogP contribution in [0.4, 0.5) is 0 Å². The van der Waals surface area contributed by atoms with Gasteiger partial charge in [0.25, 0.3) is 5.91 Å². The van der Waals surface area contributed by atoms with Gasteiger partial charge in [-0.2, -0.15) is 4.31 Å². The van der Waals surface area contributed by atoms with Crippen LogP contribution in [-0.2, 0) is 17.1 Å². The van der Waals surface area contributed by atoms with E-state index in [1.54, 1.807) is 4.31 Å². The number of likely N-dealkylation sites (tertiary alicyclic amines) is 1. The maximum atomic E-state index is 13.2. The van der Waals surface area contributed by atoms with E-state index in [2.05, 4.69) is 0 Å². The molecule has 2 fully saturated rings. The third kappa shape index (κ3) is 4.42. The lowest BCUT2D eigenvalue weighted by Crippen LogP contribution is -2.50. The second-order valence-corrected chi connectivity index (χ2v) is 10.9. The van der Waals surface area contributed by atoms with Gasteiger partial charge in [0.2, 0.25) is 10.0 Å². The summed E-state index contributed by atoms with van der Waals surface area (Å²) in [6.07, 6.45) is 8.69. The predicted octanol–water partition coefficient (Wildman–Crippen LogP) is 3.62. The monoisotopic (exact) mass is 431 g/mol. The van der Waals surface area contributed by atoms with Gasteiger partial charge >= 0.3 is 0 Å². The van der Waals surface area contributed by atoms with Gasteiger partial charge in [-0.1, -0.05) is 37.5 Å². The van der Waals surface area contributed by atoms with Crippen LogP contribution in [-0.4, -0.2) is 60.0 Å². The molecule has 0 unspecified atom stereocenters. The molecule has 1 aliphatic heterocycles. The number of hydrogen-bond donors (Lipinski definition) is 0. The highest BCUT2D eigenvalue weighted by atomic mass is 32.2. The number of nitrogens with zero attached hydrogens (tertiary/aromatic N) is 3. The van der Waals surface area contributed by atoms with E-state index in [0.29, 0.717) is 44.1 Å². The van der Waals surface area contributed by atoms with E-state index < -0.39 is 10.0 Å². The van der Waals surface area contributed by atoms with Crippen molar-refractivity contribution in [2.24, 2.45) is 13.0 Å². The van der Waals surface area contributed by atoms with E-state index in [1.807, 2.05) is 46.8 Å². The number of aryl methyl sites for hydroxylation is 1. The van der Waals surface area contributed by atoms with Crippen molar-refractivity contribution in [3.63, 3.8) is 0 Å². The van der Waals surface area contributed by atoms with Gasteiger partial charge in [0.05, 0.1) is 6.26 Å². The third-order valence-corrected chi connectivity index (χ3v) is 8.22. The molecule has 1 amide bonds. The van der Waals surface area contributed by atoms with Crippen molar-refractivity contribution < 1.29 is 13.2 Å². The van der Waals surface area contributed by atoms with Gasteiger partial charge in [0.1, 0.15) is 5.69 Å². The van der Waals surface area contributed by atoms with E-state index >= 15 is 0 Å². The molecule has 0 bridgehead atoms. The molecule has 30 heavy (non-hydrogen) atoms. The molecule has 0 N–H and O–H groups in total. The Morgan fingerprint density at radius 1 is 1.07 bits per heavy atom. The summed E-state index contributed by atoms with van der Waals surface area (Å²) in [6, 6.07) is 9.96. The standard InChI is InChI=1S/C23H33N3O3S/c1-24-21-11-7-6-10-19(21)16-22(24)23(27)25-14-12-20(13-15-25)26(30(2,28)29)17-18-8-4-3-5-9-18/h6-7,10-11,16,18,20H,3-5,8-9,12-15,17H2,1-2H3. The normalized spacial score (nSPS) is 19.6. The molecule has 7 heteroatoms. The number of piperidine rings is 1. The minimum absolute atomic E-state index is 0.00143. The number of amides is 1. The molecular weight excluding hydrogens is 398 g/mol. The molecule has 2 aromatic rings. The van der Waals surface area contributed by atoms with Crippen LogP contribution in [0.5, 0.6) is 0 Å². The lowest BCUT2D eigenvalue weighted by atomic mass is 9.89. The second kappa shape index (κ2) is 8.71. The smallest absolute Gasteiger partial charge is 0.270 e. The van der Waals surface area contributed by atoms with Gasteiger partial charge in [0.15, 0.2) is 0 Å². The number of fused-ring (bicyclic) bond motifs is 1. The van der Waals surface area contributed by atoms with Gasteiger partial charge < -0.3 is 9.47 Å². The highest BCUT2D eigenvalue weighted by molar-refractivity contribution is 7.88. The zero-order chi connectivity index (χ0) is 21.3. The summed E-state index contributed by atoms with van der Waals surface area (Å²) < 4.78 is 28.7. The third-order valence-electron chi connectivity index (χ3n) is 6.92. The highest BCUT2D eigenvalue weighted by Crippen LogP contribution is 2.29. The van der Waals surface area contributed by atoms with Crippen LogP contribution in [0.15, 0.2) is 30.3 Å². The molecule has 164 valence electrons. The van der Waals surface area contributed by atoms with Crippen molar-refractivity contribution in [3.8, 4) is 0 Å². The first kappa shape index (κ1) is 21.4. The summed E-state index contributed by atoms with van der Waals surface area (Å²) >= 11 is 0. The summed E-state index contributed by atoms with van der Waals surface area (Å²) in [5.74, 6) is 0.509. The summed E-state index contributed by atoms with van der Waals surface area (Å²) in [5, 5.41) is 1.06. The van der Waals surface area contributed by atoms with Gasteiger partial charge in [-0.15, -0.1) is 0 Å². The Hall–Kier alpha value is -1.86. The Morgan fingerprint density at radius 2 is 1.73 bits per heavy atom. The van der Waals surface area contributed by atoms with Gasteiger partial charge in [-0.25, -0.2) is 8.42 Å². The Kier molecular flexibility index (Phi) is 6.21. The van der Waals surface area contributed by atoms with Crippen molar-refractivity contribution in [2.45, 2.75) is 51.0 Å². The molecule has 6 nitrogen and oxygen atoms in total. The largest absolute Gasteiger partial charge is 0.340 e. The number of aromatic nitrogens is 1. The molecule has 1 saturated carbocycles. The van der Waals surface area contributed by atoms with Crippen LogP contribution in [0.25, 0.3) is 10.9 Å². The molecule has 1 aromatic heterocycles. The number of para-hydroxylation sites is 1. The summed E-state index contributed by atoms with van der Waals surface area (Å²) in [7, 11) is -1.32. The number of rotatable bonds is 5. The Bertz CT molecular complexity index is 1000. The zero-order valence-electron chi connectivity index (χ0n) is 18.1. The quantitative estimate of drug-likeness (QED) is 0.726. The molecule has 2 heterocycles. The first-order valence-corrected chi connectivity index (χ1v) is 13.0. The maximum absolute atomic E-state index is 13.2. The fourth-order valence-corrected chi connectivity index (χ4v) is 6.43. The molecule has 0 atom stereocenters. The van der Waals surface area contributed by atoms with Crippen LogP contribution in [0.1, 0.15) is 55.4 Å². The molecule has 1 aliphatic carbocycles. The summed E-state index contributed by atoms with van der Waals surface area (Å²) in [6.45, 7) is 1.84. The van der Waals surface area contributed by atoms with Crippen molar-refractivity contribution >= 4 is 26.8 Å². The maximum Gasteiger partial charge on any atom is 0.270 e. The van der Waals surface area contributed by atoms with Crippen molar-refractivity contribution in [1.82, 2.24) is 13.8 Å². The van der Waals surface area contributed by atoms with Gasteiger partial charge in [-0.3, -0.25) is 4.79 Å². The highest BCUT2D eigenvalue weighted by Gasteiger charge is 2.34. The van der Waals surface area contributed by atoms with E-state index in [1.165, 1.54) is 25.5 Å². The molecular formula is C23H33N3O3S. The average molecular weight is 432 g/mol. The predicted molar refractivity (Wildman–Crippen MR) is 120 cm³/mol. The van der Waals surface area contributed by atoms with E-state index in [4.69, 9.17) is 0 Å². The first-order valence-electron chi connectivity index (χ1n) is 11.1. The summed E-state index contributed by atoms with van der Waals surface area (Å²) in [4.78, 5) is 15.0. The number of benzene rings is 1.